The Morgan fingerprint density at radius 1 is 1.15 bits per heavy atom. The van der Waals surface area contributed by atoms with Crippen LogP contribution in [0.25, 0.3) is 5.69 Å². The highest BCUT2D eigenvalue weighted by Gasteiger charge is 2.17. The van der Waals surface area contributed by atoms with Crippen molar-refractivity contribution in [2.24, 2.45) is 10.9 Å². The minimum absolute atomic E-state index is 0. The molecule has 1 aliphatic heterocycles. The van der Waals surface area contributed by atoms with Crippen molar-refractivity contribution in [1.82, 2.24) is 20.4 Å². The Morgan fingerprint density at radius 2 is 1.97 bits per heavy atom. The van der Waals surface area contributed by atoms with Crippen LogP contribution in [0.15, 0.2) is 65.9 Å². The number of nitrogens with one attached hydrogen (secondary N) is 2. The highest BCUT2D eigenvalue weighted by molar-refractivity contribution is 14.0. The second kappa shape index (κ2) is 12.6. The lowest BCUT2D eigenvalue weighted by atomic mass is 10.1. The van der Waals surface area contributed by atoms with Gasteiger partial charge in [0.05, 0.1) is 18.9 Å². The van der Waals surface area contributed by atoms with Gasteiger partial charge in [0, 0.05) is 50.6 Å². The van der Waals surface area contributed by atoms with E-state index in [0.29, 0.717) is 25.6 Å². The number of aryl methyl sites for hydroxylation is 1. The van der Waals surface area contributed by atoms with E-state index in [-0.39, 0.29) is 24.0 Å². The number of aliphatic imine (C=N–C) groups is 1. The summed E-state index contributed by atoms with van der Waals surface area (Å²) >= 11 is 0. The van der Waals surface area contributed by atoms with Crippen LogP contribution < -0.4 is 15.4 Å². The Balaban J connectivity index is 0.00000306. The molecule has 7 nitrogen and oxygen atoms in total. The molecule has 2 aromatic carbocycles. The molecular weight excluding hydrogens is 529 g/mol. The summed E-state index contributed by atoms with van der Waals surface area (Å²) in [5.41, 5.74) is 4.47. The number of hydrogen-bond donors (Lipinski definition) is 2. The zero-order valence-electron chi connectivity index (χ0n) is 19.2. The summed E-state index contributed by atoms with van der Waals surface area (Å²) in [6.45, 7) is 5.65. The fraction of sp³-hybridized carbons (Fsp3) is 0.360. The molecule has 2 heterocycles. The van der Waals surface area contributed by atoms with Gasteiger partial charge < -0.3 is 20.1 Å². The van der Waals surface area contributed by atoms with Gasteiger partial charge in [0.15, 0.2) is 5.96 Å². The SMILES string of the molecule is CN=C(NCc1ccc(C)cc1OCC1CCOC1)NCc1ccccc1-n1cccn1.I. The zero-order chi connectivity index (χ0) is 22.2. The first-order valence-electron chi connectivity index (χ1n) is 11.1. The van der Waals surface area contributed by atoms with Crippen molar-refractivity contribution in [3.63, 3.8) is 0 Å². The van der Waals surface area contributed by atoms with Crippen molar-refractivity contribution < 1.29 is 9.47 Å². The van der Waals surface area contributed by atoms with Crippen LogP contribution in [-0.2, 0) is 17.8 Å². The van der Waals surface area contributed by atoms with Crippen molar-refractivity contribution in [1.29, 1.82) is 0 Å². The Bertz CT molecular complexity index is 1030. The first-order valence-corrected chi connectivity index (χ1v) is 11.1. The maximum Gasteiger partial charge on any atom is 0.191 e. The van der Waals surface area contributed by atoms with E-state index in [4.69, 9.17) is 9.47 Å². The van der Waals surface area contributed by atoms with Crippen molar-refractivity contribution in [3.05, 3.63) is 77.6 Å². The van der Waals surface area contributed by atoms with E-state index >= 15 is 0 Å². The average Bonchev–Trinajstić information content (AvgIpc) is 3.53. The van der Waals surface area contributed by atoms with Crippen molar-refractivity contribution >= 4 is 29.9 Å². The van der Waals surface area contributed by atoms with Crippen molar-refractivity contribution in [2.45, 2.75) is 26.4 Å². The summed E-state index contributed by atoms with van der Waals surface area (Å²) in [4.78, 5) is 4.38. The molecule has 33 heavy (non-hydrogen) atoms. The first-order chi connectivity index (χ1) is 15.7. The molecule has 0 aliphatic carbocycles. The molecule has 1 fully saturated rings. The lowest BCUT2D eigenvalue weighted by Gasteiger charge is -2.17. The van der Waals surface area contributed by atoms with Crippen molar-refractivity contribution in [3.8, 4) is 11.4 Å². The third kappa shape index (κ3) is 6.94. The minimum Gasteiger partial charge on any atom is -0.493 e. The molecule has 2 N–H and O–H groups in total. The Kier molecular flexibility index (Phi) is 9.56. The Hall–Kier alpha value is -2.59. The quantitative estimate of drug-likeness (QED) is 0.247. The van der Waals surface area contributed by atoms with E-state index in [9.17, 15) is 0 Å². The van der Waals surface area contributed by atoms with Crippen LogP contribution in [0, 0.1) is 12.8 Å². The smallest absolute Gasteiger partial charge is 0.191 e. The normalized spacial score (nSPS) is 15.7. The number of rotatable bonds is 8. The molecule has 1 aromatic heterocycles. The van der Waals surface area contributed by atoms with E-state index in [0.717, 1.165) is 48.2 Å². The summed E-state index contributed by atoms with van der Waals surface area (Å²) in [5, 5.41) is 11.2. The zero-order valence-corrected chi connectivity index (χ0v) is 21.5. The van der Waals surface area contributed by atoms with E-state index in [1.807, 2.05) is 29.1 Å². The largest absolute Gasteiger partial charge is 0.493 e. The number of aromatic nitrogens is 2. The molecule has 1 unspecified atom stereocenters. The van der Waals surface area contributed by atoms with Gasteiger partial charge in [-0.3, -0.25) is 4.99 Å². The van der Waals surface area contributed by atoms with E-state index in [1.165, 1.54) is 5.56 Å². The molecule has 1 atom stereocenters. The van der Waals surface area contributed by atoms with Crippen LogP contribution in [0.2, 0.25) is 0 Å². The average molecular weight is 561 g/mol. The second-order valence-electron chi connectivity index (χ2n) is 8.01. The van der Waals surface area contributed by atoms with Gasteiger partial charge in [0.1, 0.15) is 5.75 Å². The van der Waals surface area contributed by atoms with Gasteiger partial charge in [0.25, 0.3) is 0 Å². The summed E-state index contributed by atoms with van der Waals surface area (Å²) in [6, 6.07) is 16.5. The van der Waals surface area contributed by atoms with Crippen LogP contribution in [0.1, 0.15) is 23.1 Å². The Labute approximate surface area is 212 Å². The third-order valence-corrected chi connectivity index (χ3v) is 5.58. The van der Waals surface area contributed by atoms with Crippen LogP contribution >= 0.6 is 24.0 Å². The molecule has 0 radical (unpaired) electrons. The first kappa shape index (κ1) is 25.0. The van der Waals surface area contributed by atoms with Crippen LogP contribution in [0.4, 0.5) is 0 Å². The predicted octanol–water partition coefficient (Wildman–Crippen LogP) is 4.08. The van der Waals surface area contributed by atoms with Crippen LogP contribution in [0.5, 0.6) is 5.75 Å². The number of halogens is 1. The number of nitrogens with zero attached hydrogens (tertiary/aromatic N) is 3. The highest BCUT2D eigenvalue weighted by Crippen LogP contribution is 2.22. The van der Waals surface area contributed by atoms with E-state index < -0.39 is 0 Å². The van der Waals surface area contributed by atoms with Gasteiger partial charge in [-0.15, -0.1) is 24.0 Å². The maximum atomic E-state index is 6.16. The maximum absolute atomic E-state index is 6.16. The molecule has 8 heteroatoms. The molecule has 3 aromatic rings. The van der Waals surface area contributed by atoms with Crippen molar-refractivity contribution in [2.75, 3.05) is 26.9 Å². The van der Waals surface area contributed by atoms with Gasteiger partial charge in [0.2, 0.25) is 0 Å². The fourth-order valence-corrected chi connectivity index (χ4v) is 3.74. The molecule has 176 valence electrons. The van der Waals surface area contributed by atoms with Gasteiger partial charge in [-0.1, -0.05) is 30.3 Å². The summed E-state index contributed by atoms with van der Waals surface area (Å²) in [7, 11) is 1.78. The molecule has 4 rings (SSSR count). The van der Waals surface area contributed by atoms with Crippen LogP contribution in [0.3, 0.4) is 0 Å². The second-order valence-corrected chi connectivity index (χ2v) is 8.01. The lowest BCUT2D eigenvalue weighted by molar-refractivity contribution is 0.166. The summed E-state index contributed by atoms with van der Waals surface area (Å²) in [5.74, 6) is 2.13. The van der Waals surface area contributed by atoms with E-state index in [1.54, 1.807) is 13.2 Å². The fourth-order valence-electron chi connectivity index (χ4n) is 3.74. The molecule has 0 saturated carbocycles. The van der Waals surface area contributed by atoms with E-state index in [2.05, 4.69) is 58.0 Å². The number of guanidine groups is 1. The number of para-hydroxylation sites is 1. The van der Waals surface area contributed by atoms with Crippen LogP contribution in [-0.4, -0.2) is 42.6 Å². The Morgan fingerprint density at radius 3 is 2.70 bits per heavy atom. The summed E-state index contributed by atoms with van der Waals surface area (Å²) in [6.07, 6.45) is 4.80. The molecular formula is C25H32IN5O2. The third-order valence-electron chi connectivity index (χ3n) is 5.58. The molecule has 1 saturated heterocycles. The molecule has 0 amide bonds. The summed E-state index contributed by atoms with van der Waals surface area (Å²) < 4.78 is 13.5. The minimum atomic E-state index is 0. The van der Waals surface area contributed by atoms with Gasteiger partial charge in [-0.05, 0) is 42.7 Å². The monoisotopic (exact) mass is 561 g/mol. The molecule has 0 bridgehead atoms. The standard InChI is InChI=1S/C25H31N5O2.HI/c1-19-8-9-22(24(14-19)32-18-20-10-13-31-17-20)16-28-25(26-2)27-15-21-6-3-4-7-23(21)30-12-5-11-29-30;/h3-9,11-12,14,20H,10,13,15-18H2,1-2H3,(H2,26,27,28);1H. The van der Waals surface area contributed by atoms with Gasteiger partial charge in [-0.25, -0.2) is 4.68 Å². The molecule has 1 aliphatic rings. The van der Waals surface area contributed by atoms with Gasteiger partial charge >= 0.3 is 0 Å². The number of hydrogen-bond acceptors (Lipinski definition) is 4. The molecule has 0 spiro atoms. The number of ether oxygens (including phenoxy) is 2. The lowest BCUT2D eigenvalue weighted by Crippen LogP contribution is -2.36. The highest BCUT2D eigenvalue weighted by atomic mass is 127. The predicted molar refractivity (Wildman–Crippen MR) is 142 cm³/mol. The van der Waals surface area contributed by atoms with Gasteiger partial charge in [-0.2, -0.15) is 5.10 Å². The number of benzene rings is 2. The topological polar surface area (TPSA) is 72.7 Å².